The maximum Gasteiger partial charge on any atom is 0.312 e. The van der Waals surface area contributed by atoms with Crippen LogP contribution in [-0.4, -0.2) is 19.7 Å². The lowest BCUT2D eigenvalue weighted by Gasteiger charge is -2.31. The Morgan fingerprint density at radius 2 is 1.62 bits per heavy atom. The third-order valence-electron chi connectivity index (χ3n) is 4.49. The molecule has 2 aromatic rings. The van der Waals surface area contributed by atoms with E-state index in [4.69, 9.17) is 9.47 Å². The molecule has 0 spiro atoms. The molecule has 3 heteroatoms. The number of ether oxygens (including phenoxy) is 2. The lowest BCUT2D eigenvalue weighted by atomic mass is 9.74. The van der Waals surface area contributed by atoms with Crippen LogP contribution in [-0.2, 0) is 22.4 Å². The largest absolute Gasteiger partial charge is 0.496 e. The minimum absolute atomic E-state index is 0.137. The van der Waals surface area contributed by atoms with E-state index in [0.29, 0.717) is 25.9 Å². The highest BCUT2D eigenvalue weighted by Crippen LogP contribution is 2.36. The number of carbonyl (C=O) groups excluding carboxylic acids is 1. The van der Waals surface area contributed by atoms with Crippen LogP contribution in [0.4, 0.5) is 0 Å². The summed E-state index contributed by atoms with van der Waals surface area (Å²) in [5.74, 6) is 0.676. The fourth-order valence-corrected chi connectivity index (χ4v) is 3.09. The van der Waals surface area contributed by atoms with Crippen molar-refractivity contribution in [1.82, 2.24) is 0 Å². The lowest BCUT2D eigenvalue weighted by Crippen LogP contribution is -2.37. The molecule has 24 heavy (non-hydrogen) atoms. The first kappa shape index (κ1) is 18.1. The van der Waals surface area contributed by atoms with E-state index in [1.807, 2.05) is 49.4 Å². The van der Waals surface area contributed by atoms with E-state index in [-0.39, 0.29) is 5.97 Å². The number of para-hydroxylation sites is 1. The second-order valence-corrected chi connectivity index (χ2v) is 6.01. The highest BCUT2D eigenvalue weighted by molar-refractivity contribution is 5.78. The summed E-state index contributed by atoms with van der Waals surface area (Å²) < 4.78 is 10.9. The number of rotatable bonds is 8. The van der Waals surface area contributed by atoms with Gasteiger partial charge in [0.2, 0.25) is 0 Å². The minimum atomic E-state index is -0.591. The molecule has 0 saturated carbocycles. The maximum absolute atomic E-state index is 12.8. The molecule has 0 aliphatic carbocycles. The van der Waals surface area contributed by atoms with Crippen molar-refractivity contribution in [2.75, 3.05) is 13.7 Å². The quantitative estimate of drug-likeness (QED) is 0.673. The van der Waals surface area contributed by atoms with Gasteiger partial charge in [0.25, 0.3) is 0 Å². The molecule has 0 fully saturated rings. The Bertz CT molecular complexity index is 651. The Morgan fingerprint density at radius 3 is 2.25 bits per heavy atom. The molecule has 0 saturated heterocycles. The maximum atomic E-state index is 12.8. The fourth-order valence-electron chi connectivity index (χ4n) is 3.09. The number of hydrogen-bond acceptors (Lipinski definition) is 3. The van der Waals surface area contributed by atoms with Crippen molar-refractivity contribution in [2.45, 2.75) is 33.1 Å². The van der Waals surface area contributed by atoms with Crippen molar-refractivity contribution >= 4 is 5.97 Å². The number of benzene rings is 2. The second kappa shape index (κ2) is 8.53. The van der Waals surface area contributed by atoms with Gasteiger partial charge in [-0.25, -0.2) is 0 Å². The van der Waals surface area contributed by atoms with Gasteiger partial charge in [0.15, 0.2) is 0 Å². The van der Waals surface area contributed by atoms with E-state index in [1.54, 1.807) is 7.11 Å². The summed E-state index contributed by atoms with van der Waals surface area (Å²) in [6.45, 7) is 4.29. The van der Waals surface area contributed by atoms with E-state index >= 15 is 0 Å². The van der Waals surface area contributed by atoms with Gasteiger partial charge in [-0.05, 0) is 43.4 Å². The molecule has 3 nitrogen and oxygen atoms in total. The molecule has 0 N–H and O–H groups in total. The van der Waals surface area contributed by atoms with Crippen LogP contribution < -0.4 is 4.74 Å². The van der Waals surface area contributed by atoms with Gasteiger partial charge < -0.3 is 9.47 Å². The third kappa shape index (κ3) is 4.16. The van der Waals surface area contributed by atoms with Gasteiger partial charge in [-0.1, -0.05) is 55.5 Å². The molecule has 0 aliphatic heterocycles. The summed E-state index contributed by atoms with van der Waals surface area (Å²) in [4.78, 5) is 12.8. The molecule has 0 aromatic heterocycles. The number of carbonyl (C=O) groups is 1. The minimum Gasteiger partial charge on any atom is -0.496 e. The predicted molar refractivity (Wildman–Crippen MR) is 96.2 cm³/mol. The first-order chi connectivity index (χ1) is 11.6. The van der Waals surface area contributed by atoms with Crippen molar-refractivity contribution in [3.63, 3.8) is 0 Å². The van der Waals surface area contributed by atoms with Crippen LogP contribution in [0.2, 0.25) is 0 Å². The molecule has 0 radical (unpaired) electrons. The Balaban J connectivity index is 2.39. The van der Waals surface area contributed by atoms with E-state index in [9.17, 15) is 4.79 Å². The van der Waals surface area contributed by atoms with Crippen LogP contribution in [0, 0.1) is 5.41 Å². The predicted octanol–water partition coefficient (Wildman–Crippen LogP) is 4.44. The third-order valence-corrected chi connectivity index (χ3v) is 4.49. The summed E-state index contributed by atoms with van der Waals surface area (Å²) in [6.07, 6.45) is 1.96. The smallest absolute Gasteiger partial charge is 0.312 e. The standard InChI is InChI=1S/C21H26O3/c1-4-21(20(22)24-5-2,15-17-11-7-6-8-12-17)16-18-13-9-10-14-19(18)23-3/h6-14H,4-5,15-16H2,1-3H3. The Hall–Kier alpha value is -2.29. The summed E-state index contributed by atoms with van der Waals surface area (Å²) >= 11 is 0. The van der Waals surface area contributed by atoms with Gasteiger partial charge in [0, 0.05) is 0 Å². The van der Waals surface area contributed by atoms with Crippen LogP contribution in [0.1, 0.15) is 31.4 Å². The van der Waals surface area contributed by atoms with Crippen molar-refractivity contribution < 1.29 is 14.3 Å². The van der Waals surface area contributed by atoms with Crippen molar-refractivity contribution in [1.29, 1.82) is 0 Å². The van der Waals surface area contributed by atoms with Gasteiger partial charge in [-0.3, -0.25) is 4.79 Å². The number of esters is 1. The molecule has 1 atom stereocenters. The van der Waals surface area contributed by atoms with Crippen LogP contribution in [0.15, 0.2) is 54.6 Å². The van der Waals surface area contributed by atoms with Crippen LogP contribution in [0.3, 0.4) is 0 Å². The molecule has 0 heterocycles. The summed E-state index contributed by atoms with van der Waals surface area (Å²) in [5.41, 5.74) is 1.58. The number of hydrogen-bond donors (Lipinski definition) is 0. The second-order valence-electron chi connectivity index (χ2n) is 6.01. The Kier molecular flexibility index (Phi) is 6.42. The molecular formula is C21H26O3. The van der Waals surface area contributed by atoms with Gasteiger partial charge in [-0.2, -0.15) is 0 Å². The van der Waals surface area contributed by atoms with Crippen molar-refractivity contribution in [2.24, 2.45) is 5.41 Å². The van der Waals surface area contributed by atoms with Crippen molar-refractivity contribution in [3.05, 3.63) is 65.7 Å². The zero-order chi connectivity index (χ0) is 17.4. The van der Waals surface area contributed by atoms with Crippen molar-refractivity contribution in [3.8, 4) is 5.75 Å². The van der Waals surface area contributed by atoms with Crippen LogP contribution in [0.5, 0.6) is 5.75 Å². The van der Waals surface area contributed by atoms with E-state index in [2.05, 4.69) is 19.1 Å². The molecular weight excluding hydrogens is 300 g/mol. The van der Waals surface area contributed by atoms with E-state index in [1.165, 1.54) is 0 Å². The monoisotopic (exact) mass is 326 g/mol. The van der Waals surface area contributed by atoms with E-state index < -0.39 is 5.41 Å². The normalized spacial score (nSPS) is 13.1. The molecule has 1 unspecified atom stereocenters. The molecule has 128 valence electrons. The zero-order valence-electron chi connectivity index (χ0n) is 14.7. The van der Waals surface area contributed by atoms with E-state index in [0.717, 1.165) is 16.9 Å². The summed E-state index contributed by atoms with van der Waals surface area (Å²) in [5, 5.41) is 0. The fraction of sp³-hybridized carbons (Fsp3) is 0.381. The highest BCUT2D eigenvalue weighted by atomic mass is 16.5. The van der Waals surface area contributed by atoms with Gasteiger partial charge >= 0.3 is 5.97 Å². The Morgan fingerprint density at radius 1 is 0.958 bits per heavy atom. The molecule has 0 aliphatic rings. The molecule has 2 rings (SSSR count). The average Bonchev–Trinajstić information content (AvgIpc) is 2.62. The topological polar surface area (TPSA) is 35.5 Å². The molecule has 0 bridgehead atoms. The van der Waals surface area contributed by atoms with Crippen LogP contribution >= 0.6 is 0 Å². The molecule has 2 aromatic carbocycles. The zero-order valence-corrected chi connectivity index (χ0v) is 14.7. The van der Waals surface area contributed by atoms with Gasteiger partial charge in [0.1, 0.15) is 5.75 Å². The van der Waals surface area contributed by atoms with Crippen LogP contribution in [0.25, 0.3) is 0 Å². The first-order valence-corrected chi connectivity index (χ1v) is 8.48. The lowest BCUT2D eigenvalue weighted by molar-refractivity contribution is -0.155. The van der Waals surface area contributed by atoms with Gasteiger partial charge in [0.05, 0.1) is 19.1 Å². The SMILES string of the molecule is CCOC(=O)C(CC)(Cc1ccccc1)Cc1ccccc1OC. The van der Waals surface area contributed by atoms with Gasteiger partial charge in [-0.15, -0.1) is 0 Å². The average molecular weight is 326 g/mol. The summed E-state index contributed by atoms with van der Waals surface area (Å²) in [7, 11) is 1.66. The first-order valence-electron chi connectivity index (χ1n) is 8.48. The summed E-state index contributed by atoms with van der Waals surface area (Å²) in [6, 6.07) is 18.0. The highest BCUT2D eigenvalue weighted by Gasteiger charge is 2.39. The number of methoxy groups -OCH3 is 1. The Labute approximate surface area is 144 Å². The molecule has 0 amide bonds.